The van der Waals surface area contributed by atoms with E-state index < -0.39 is 11.7 Å². The highest BCUT2D eigenvalue weighted by atomic mass is 19.4. The molecule has 2 heterocycles. The molecule has 0 aliphatic rings. The van der Waals surface area contributed by atoms with Gasteiger partial charge in [0.2, 0.25) is 0 Å². The van der Waals surface area contributed by atoms with Crippen LogP contribution in [0.2, 0.25) is 0 Å². The molecule has 0 spiro atoms. The van der Waals surface area contributed by atoms with E-state index in [2.05, 4.69) is 126 Å². The van der Waals surface area contributed by atoms with Crippen molar-refractivity contribution in [2.24, 2.45) is 0 Å². The van der Waals surface area contributed by atoms with Crippen molar-refractivity contribution in [3.63, 3.8) is 0 Å². The number of aromatic nitrogens is 3. The summed E-state index contributed by atoms with van der Waals surface area (Å²) in [6, 6.07) is 53.7. The van der Waals surface area contributed by atoms with E-state index in [0.29, 0.717) is 17.1 Å². The Kier molecular flexibility index (Phi) is 10.0. The van der Waals surface area contributed by atoms with Crippen molar-refractivity contribution in [1.82, 2.24) is 14.5 Å². The molecule has 62 heavy (non-hydrogen) atoms. The van der Waals surface area contributed by atoms with Crippen LogP contribution >= 0.6 is 0 Å². The van der Waals surface area contributed by atoms with Crippen molar-refractivity contribution in [2.45, 2.75) is 65.5 Å². The molecule has 3 nitrogen and oxygen atoms in total. The third kappa shape index (κ3) is 7.70. The third-order valence-corrected chi connectivity index (χ3v) is 11.8. The van der Waals surface area contributed by atoms with Gasteiger partial charge >= 0.3 is 6.18 Å². The van der Waals surface area contributed by atoms with Crippen molar-refractivity contribution in [3.05, 3.63) is 186 Å². The molecule has 0 fully saturated rings. The number of nitrogens with zero attached hydrogens (tertiary/aromatic N) is 3. The molecule has 9 rings (SSSR count). The molecule has 0 saturated carbocycles. The smallest absolute Gasteiger partial charge is 0.308 e. The topological polar surface area (TPSA) is 30.7 Å². The van der Waals surface area contributed by atoms with Crippen LogP contribution < -0.4 is 0 Å². The molecule has 0 radical (unpaired) electrons. The number of rotatable bonds is 6. The van der Waals surface area contributed by atoms with Gasteiger partial charge in [0.25, 0.3) is 0 Å². The first-order chi connectivity index (χ1) is 29.5. The molecule has 0 aliphatic heterocycles. The molecule has 0 aliphatic carbocycles. The highest BCUT2D eigenvalue weighted by Crippen LogP contribution is 2.46. The lowest BCUT2D eigenvalue weighted by atomic mass is 9.85. The maximum Gasteiger partial charge on any atom is 0.416 e. The van der Waals surface area contributed by atoms with Gasteiger partial charge in [-0.1, -0.05) is 156 Å². The largest absolute Gasteiger partial charge is 0.416 e. The van der Waals surface area contributed by atoms with Gasteiger partial charge in [0, 0.05) is 38.6 Å². The van der Waals surface area contributed by atoms with Crippen LogP contribution in [0.4, 0.5) is 13.2 Å². The van der Waals surface area contributed by atoms with Crippen LogP contribution in [0.5, 0.6) is 0 Å². The van der Waals surface area contributed by atoms with Gasteiger partial charge in [-0.2, -0.15) is 13.2 Å². The molecule has 0 unspecified atom stereocenters. The van der Waals surface area contributed by atoms with Crippen molar-refractivity contribution in [1.29, 1.82) is 0 Å². The van der Waals surface area contributed by atoms with E-state index in [1.165, 1.54) is 23.3 Å². The maximum absolute atomic E-state index is 14.1. The van der Waals surface area contributed by atoms with Crippen molar-refractivity contribution in [3.8, 4) is 61.8 Å². The molecular weight excluding hydrogens is 772 g/mol. The SMILES string of the molecule is Cc1ccc(-c2cc(-c3cc(-c4ccccc4)nc(-c4ccccc4)n3)cc(-c3ccc(C(F)(F)F)cc3)c2-n2c3ccc(C(C)(C)C)cc3c3cc(C(C)(C)C)ccc32)cc1. The Hall–Kier alpha value is -6.79. The highest BCUT2D eigenvalue weighted by Gasteiger charge is 2.31. The first-order valence-electron chi connectivity index (χ1n) is 21.1. The van der Waals surface area contributed by atoms with Gasteiger partial charge in [0.15, 0.2) is 5.82 Å². The van der Waals surface area contributed by atoms with E-state index in [-0.39, 0.29) is 10.8 Å². The second-order valence-electron chi connectivity index (χ2n) is 18.4. The third-order valence-electron chi connectivity index (χ3n) is 11.8. The average molecular weight is 820 g/mol. The summed E-state index contributed by atoms with van der Waals surface area (Å²) in [5.41, 5.74) is 12.9. The predicted molar refractivity (Wildman–Crippen MR) is 251 cm³/mol. The Labute approximate surface area is 361 Å². The first kappa shape index (κ1) is 40.6. The second-order valence-corrected chi connectivity index (χ2v) is 18.4. The van der Waals surface area contributed by atoms with Gasteiger partial charge in [0.05, 0.1) is 33.7 Å². The Morgan fingerprint density at radius 1 is 0.419 bits per heavy atom. The summed E-state index contributed by atoms with van der Waals surface area (Å²) in [6.07, 6.45) is -4.48. The van der Waals surface area contributed by atoms with Crippen LogP contribution in [0, 0.1) is 6.92 Å². The zero-order valence-corrected chi connectivity index (χ0v) is 36.1. The summed E-state index contributed by atoms with van der Waals surface area (Å²) >= 11 is 0. The second kappa shape index (κ2) is 15.3. The molecule has 0 atom stereocenters. The van der Waals surface area contributed by atoms with Gasteiger partial charge in [-0.15, -0.1) is 0 Å². The molecule has 7 aromatic carbocycles. The number of fused-ring (bicyclic) bond motifs is 3. The Bertz CT molecular complexity index is 2960. The van der Waals surface area contributed by atoms with Crippen molar-refractivity contribution < 1.29 is 13.2 Å². The number of hydrogen-bond acceptors (Lipinski definition) is 2. The van der Waals surface area contributed by atoms with Crippen LogP contribution in [0.1, 0.15) is 63.8 Å². The standard InChI is InChI=1S/C56H48F3N3/c1-35-18-20-36(21-19-35)44-30-40(49-34-48(38-14-10-8-11-15-38)60-53(61-49)39-16-12-9-13-17-39)31-45(37-22-24-41(25-23-37)56(57,58)59)52(44)62-50-28-26-42(54(2,3)4)32-46(50)47-33-43(55(5,6)7)27-29-51(47)62/h8-34H,1-7H3. The number of alkyl halides is 3. The number of hydrogen-bond donors (Lipinski definition) is 0. The van der Waals surface area contributed by atoms with Crippen LogP contribution in [-0.2, 0) is 17.0 Å². The summed E-state index contributed by atoms with van der Waals surface area (Å²) in [5, 5.41) is 2.23. The summed E-state index contributed by atoms with van der Waals surface area (Å²) in [7, 11) is 0. The Morgan fingerprint density at radius 2 is 0.855 bits per heavy atom. The maximum atomic E-state index is 14.1. The van der Waals surface area contributed by atoms with Crippen LogP contribution in [0.3, 0.4) is 0 Å². The summed E-state index contributed by atoms with van der Waals surface area (Å²) in [5.74, 6) is 0.575. The molecule has 9 aromatic rings. The van der Waals surface area contributed by atoms with E-state index in [1.807, 2.05) is 66.7 Å². The lowest BCUT2D eigenvalue weighted by Gasteiger charge is -2.22. The quantitative estimate of drug-likeness (QED) is 0.167. The zero-order chi connectivity index (χ0) is 43.6. The molecular formula is C56H48F3N3. The van der Waals surface area contributed by atoms with Gasteiger partial charge in [-0.25, -0.2) is 9.97 Å². The average Bonchev–Trinajstić information content (AvgIpc) is 3.58. The molecule has 0 amide bonds. The van der Waals surface area contributed by atoms with E-state index in [4.69, 9.17) is 9.97 Å². The minimum absolute atomic E-state index is 0.0981. The Morgan fingerprint density at radius 3 is 1.32 bits per heavy atom. The summed E-state index contributed by atoms with van der Waals surface area (Å²) < 4.78 is 44.8. The lowest BCUT2D eigenvalue weighted by molar-refractivity contribution is -0.137. The van der Waals surface area contributed by atoms with Gasteiger partial charge < -0.3 is 4.57 Å². The molecule has 0 N–H and O–H groups in total. The number of aryl methyl sites for hydroxylation is 1. The molecule has 2 aromatic heterocycles. The van der Waals surface area contributed by atoms with E-state index >= 15 is 0 Å². The van der Waals surface area contributed by atoms with E-state index in [1.54, 1.807) is 12.1 Å². The van der Waals surface area contributed by atoms with Crippen molar-refractivity contribution in [2.75, 3.05) is 0 Å². The van der Waals surface area contributed by atoms with E-state index in [0.717, 1.165) is 72.1 Å². The predicted octanol–water partition coefficient (Wildman–Crippen LogP) is 15.8. The van der Waals surface area contributed by atoms with Crippen LogP contribution in [0.25, 0.3) is 83.6 Å². The van der Waals surface area contributed by atoms with Gasteiger partial charge in [-0.05, 0) is 94.6 Å². The van der Waals surface area contributed by atoms with Gasteiger partial charge in [0.1, 0.15) is 0 Å². The lowest BCUT2D eigenvalue weighted by Crippen LogP contribution is -2.10. The molecule has 6 heteroatoms. The fourth-order valence-corrected chi connectivity index (χ4v) is 8.30. The zero-order valence-electron chi connectivity index (χ0n) is 36.1. The highest BCUT2D eigenvalue weighted by molar-refractivity contribution is 6.11. The summed E-state index contributed by atoms with van der Waals surface area (Å²) in [4.78, 5) is 10.3. The Balaban J connectivity index is 1.43. The fraction of sp³-hybridized carbons (Fsp3) is 0.179. The van der Waals surface area contributed by atoms with Crippen molar-refractivity contribution >= 4 is 21.8 Å². The normalized spacial score (nSPS) is 12.4. The molecule has 0 saturated heterocycles. The fourth-order valence-electron chi connectivity index (χ4n) is 8.30. The molecule has 0 bridgehead atoms. The van der Waals surface area contributed by atoms with Gasteiger partial charge in [-0.3, -0.25) is 0 Å². The van der Waals surface area contributed by atoms with E-state index in [9.17, 15) is 13.2 Å². The van der Waals surface area contributed by atoms with Crippen LogP contribution in [0.15, 0.2) is 164 Å². The molecule has 308 valence electrons. The minimum Gasteiger partial charge on any atom is -0.308 e. The monoisotopic (exact) mass is 819 g/mol. The first-order valence-corrected chi connectivity index (χ1v) is 21.1. The number of halogens is 3. The van der Waals surface area contributed by atoms with Crippen LogP contribution in [-0.4, -0.2) is 14.5 Å². The summed E-state index contributed by atoms with van der Waals surface area (Å²) in [6.45, 7) is 15.4. The number of benzene rings is 7. The minimum atomic E-state index is -4.48.